The molecular formula is C26H46N4O4. The molecule has 2 unspecified atom stereocenters. The number of hydrogen-bond donors (Lipinski definition) is 5. The molecule has 2 bridgehead atoms. The largest absolute Gasteiger partial charge is 0.480 e. The number of rotatable bonds is 11. The third-order valence-electron chi connectivity index (χ3n) is 9.58. The Labute approximate surface area is 204 Å². The lowest BCUT2D eigenvalue weighted by atomic mass is 9.69. The number of unbranched alkanes of at least 4 members (excludes halogenated alkanes) is 1. The summed E-state index contributed by atoms with van der Waals surface area (Å²) in [5, 5.41) is 18.2. The summed E-state index contributed by atoms with van der Waals surface area (Å²) in [5.74, 6) is -0.194. The van der Waals surface area contributed by atoms with Crippen molar-refractivity contribution in [3.8, 4) is 0 Å². The highest BCUT2D eigenvalue weighted by atomic mass is 16.4. The highest BCUT2D eigenvalue weighted by molar-refractivity contribution is 5.89. The predicted molar refractivity (Wildman–Crippen MR) is 132 cm³/mol. The Morgan fingerprint density at radius 1 is 1.00 bits per heavy atom. The van der Waals surface area contributed by atoms with Gasteiger partial charge < -0.3 is 26.8 Å². The highest BCUT2D eigenvalue weighted by Crippen LogP contribution is 2.65. The summed E-state index contributed by atoms with van der Waals surface area (Å²) in [6.45, 7) is 7.41. The smallest absolute Gasteiger partial charge is 0.326 e. The minimum absolute atomic E-state index is 0.0579. The van der Waals surface area contributed by atoms with Crippen LogP contribution in [0.25, 0.3) is 0 Å². The van der Waals surface area contributed by atoms with E-state index < -0.39 is 24.1 Å². The van der Waals surface area contributed by atoms with Crippen LogP contribution in [0.4, 0.5) is 4.79 Å². The van der Waals surface area contributed by atoms with Crippen LogP contribution < -0.4 is 21.7 Å². The van der Waals surface area contributed by atoms with E-state index >= 15 is 0 Å². The van der Waals surface area contributed by atoms with Gasteiger partial charge in [-0.05, 0) is 74.2 Å². The van der Waals surface area contributed by atoms with E-state index in [9.17, 15) is 19.5 Å². The summed E-state index contributed by atoms with van der Waals surface area (Å²) in [6, 6.07) is -2.13. The third kappa shape index (κ3) is 5.86. The van der Waals surface area contributed by atoms with E-state index in [4.69, 9.17) is 5.73 Å². The molecule has 0 aromatic heterocycles. The topological polar surface area (TPSA) is 134 Å². The summed E-state index contributed by atoms with van der Waals surface area (Å²) in [5.41, 5.74) is 5.75. The van der Waals surface area contributed by atoms with E-state index in [0.29, 0.717) is 44.1 Å². The molecule has 3 rings (SSSR count). The van der Waals surface area contributed by atoms with Crippen molar-refractivity contribution in [2.75, 3.05) is 6.54 Å². The second kappa shape index (κ2) is 11.3. The lowest BCUT2D eigenvalue weighted by Crippen LogP contribution is -2.57. The van der Waals surface area contributed by atoms with Crippen molar-refractivity contribution < 1.29 is 19.5 Å². The second-order valence-electron chi connectivity index (χ2n) is 11.8. The molecule has 0 aromatic carbocycles. The lowest BCUT2D eigenvalue weighted by Gasteiger charge is -2.40. The summed E-state index contributed by atoms with van der Waals surface area (Å²) >= 11 is 0. The fraction of sp³-hybridized carbons (Fsp3) is 0.885. The van der Waals surface area contributed by atoms with Crippen LogP contribution in [-0.2, 0) is 9.59 Å². The quantitative estimate of drug-likeness (QED) is 0.290. The molecule has 0 saturated heterocycles. The van der Waals surface area contributed by atoms with Crippen LogP contribution in [0.15, 0.2) is 0 Å². The molecule has 3 saturated carbocycles. The average molecular weight is 479 g/mol. The van der Waals surface area contributed by atoms with Gasteiger partial charge in [-0.15, -0.1) is 0 Å². The first-order chi connectivity index (χ1) is 16.1. The van der Waals surface area contributed by atoms with E-state index in [2.05, 4.69) is 36.7 Å². The average Bonchev–Trinajstić information content (AvgIpc) is 3.12. The maximum absolute atomic E-state index is 13.5. The Morgan fingerprint density at radius 3 is 2.24 bits per heavy atom. The number of carbonyl (C=O) groups excluding carboxylic acids is 2. The van der Waals surface area contributed by atoms with Gasteiger partial charge in [-0.2, -0.15) is 0 Å². The van der Waals surface area contributed by atoms with Gasteiger partial charge in [0.1, 0.15) is 12.1 Å². The van der Waals surface area contributed by atoms with Crippen LogP contribution in [-0.4, -0.2) is 47.7 Å². The van der Waals surface area contributed by atoms with Crippen molar-refractivity contribution in [3.05, 3.63) is 0 Å². The number of carbonyl (C=O) groups is 3. The van der Waals surface area contributed by atoms with Crippen LogP contribution in [0.3, 0.4) is 0 Å². The van der Waals surface area contributed by atoms with Gasteiger partial charge in [0.05, 0.1) is 0 Å². The minimum atomic E-state index is -1.07. The molecule has 0 aromatic rings. The summed E-state index contributed by atoms with van der Waals surface area (Å²) in [4.78, 5) is 37.9. The third-order valence-corrected chi connectivity index (χ3v) is 9.58. The molecule has 8 heteroatoms. The number of aliphatic carboxylic acids is 1. The van der Waals surface area contributed by atoms with Gasteiger partial charge in [0.25, 0.3) is 0 Å². The van der Waals surface area contributed by atoms with Crippen molar-refractivity contribution in [1.82, 2.24) is 16.0 Å². The molecule has 194 valence electrons. The summed E-state index contributed by atoms with van der Waals surface area (Å²) in [7, 11) is 0. The standard InChI is InChI=1S/C26H46N4O4/c1-25(2)18-12-13-26(25,3)21(16-18)30-22(31)20(15-17-9-5-4-6-10-17)29-24(34)28-19(23(32)33)11-7-8-14-27/h17-21H,4-16,27H2,1-3H3,(H,30,31)(H,32,33)(H2,28,29,34)/t18?,19-,20-,21-,26?/m0/s1. The van der Waals surface area contributed by atoms with Gasteiger partial charge in [-0.1, -0.05) is 52.9 Å². The van der Waals surface area contributed by atoms with E-state index in [1.165, 1.54) is 12.8 Å². The molecule has 3 amide bonds. The maximum Gasteiger partial charge on any atom is 0.326 e. The number of hydrogen-bond acceptors (Lipinski definition) is 4. The highest BCUT2D eigenvalue weighted by Gasteiger charge is 2.61. The fourth-order valence-corrected chi connectivity index (χ4v) is 6.79. The fourth-order valence-electron chi connectivity index (χ4n) is 6.79. The van der Waals surface area contributed by atoms with Crippen molar-refractivity contribution in [3.63, 3.8) is 0 Å². The van der Waals surface area contributed by atoms with E-state index in [1.807, 2.05) is 0 Å². The predicted octanol–water partition coefficient (Wildman–Crippen LogP) is 3.54. The first kappa shape index (κ1) is 26.8. The van der Waals surface area contributed by atoms with Gasteiger partial charge in [0, 0.05) is 6.04 Å². The Kier molecular flexibility index (Phi) is 8.87. The van der Waals surface area contributed by atoms with Crippen LogP contribution in [0.1, 0.15) is 97.8 Å². The number of amides is 3. The number of carboxylic acid groups (broad SMARTS) is 1. The Morgan fingerprint density at radius 2 is 1.68 bits per heavy atom. The Bertz CT molecular complexity index is 736. The molecule has 5 atom stereocenters. The van der Waals surface area contributed by atoms with Gasteiger partial charge in [-0.25, -0.2) is 9.59 Å². The molecular weight excluding hydrogens is 432 g/mol. The second-order valence-corrected chi connectivity index (χ2v) is 11.8. The van der Waals surface area contributed by atoms with Crippen LogP contribution in [0.2, 0.25) is 0 Å². The molecule has 3 aliphatic carbocycles. The van der Waals surface area contributed by atoms with Crippen molar-refractivity contribution in [2.24, 2.45) is 28.4 Å². The van der Waals surface area contributed by atoms with Crippen molar-refractivity contribution in [1.29, 1.82) is 0 Å². The number of fused-ring (bicyclic) bond motifs is 2. The van der Waals surface area contributed by atoms with Crippen LogP contribution >= 0.6 is 0 Å². The molecule has 3 fully saturated rings. The molecule has 3 aliphatic rings. The van der Waals surface area contributed by atoms with E-state index in [1.54, 1.807) is 0 Å². The van der Waals surface area contributed by atoms with Gasteiger partial charge in [0.15, 0.2) is 0 Å². The molecule has 34 heavy (non-hydrogen) atoms. The zero-order valence-corrected chi connectivity index (χ0v) is 21.3. The number of carboxylic acids is 1. The Balaban J connectivity index is 1.65. The van der Waals surface area contributed by atoms with Crippen molar-refractivity contribution >= 4 is 17.9 Å². The Hall–Kier alpha value is -1.83. The minimum Gasteiger partial charge on any atom is -0.480 e. The van der Waals surface area contributed by atoms with E-state index in [-0.39, 0.29) is 22.8 Å². The van der Waals surface area contributed by atoms with Gasteiger partial charge in [-0.3, -0.25) is 4.79 Å². The first-order valence-electron chi connectivity index (χ1n) is 13.4. The zero-order valence-electron chi connectivity index (χ0n) is 21.3. The maximum atomic E-state index is 13.5. The summed E-state index contributed by atoms with van der Waals surface area (Å²) < 4.78 is 0. The molecule has 0 heterocycles. The lowest BCUT2D eigenvalue weighted by molar-refractivity contribution is -0.139. The molecule has 0 radical (unpaired) electrons. The monoisotopic (exact) mass is 478 g/mol. The normalized spacial score (nSPS) is 29.9. The van der Waals surface area contributed by atoms with Gasteiger partial charge >= 0.3 is 12.0 Å². The number of urea groups is 1. The van der Waals surface area contributed by atoms with Crippen molar-refractivity contribution in [2.45, 2.75) is 116 Å². The molecule has 6 N–H and O–H groups in total. The molecule has 8 nitrogen and oxygen atoms in total. The SMILES string of the molecule is CC1(C)C2CCC1(C)[C@@H](NC(=O)[C@H](CC1CCCCC1)NC(=O)N[C@@H](CCCCN)C(=O)O)C2. The first-order valence-corrected chi connectivity index (χ1v) is 13.4. The number of nitrogens with two attached hydrogens (primary N) is 1. The molecule has 0 aliphatic heterocycles. The van der Waals surface area contributed by atoms with Crippen LogP contribution in [0.5, 0.6) is 0 Å². The number of nitrogens with one attached hydrogen (secondary N) is 3. The van der Waals surface area contributed by atoms with Crippen LogP contribution in [0, 0.1) is 22.7 Å². The van der Waals surface area contributed by atoms with Gasteiger partial charge in [0.2, 0.25) is 5.91 Å². The zero-order chi connectivity index (χ0) is 24.9. The molecule has 0 spiro atoms. The summed E-state index contributed by atoms with van der Waals surface area (Å²) in [6.07, 6.45) is 11.2. The van der Waals surface area contributed by atoms with E-state index in [0.717, 1.165) is 38.5 Å².